The number of amides is 2. The van der Waals surface area contributed by atoms with E-state index in [1.807, 2.05) is 0 Å². The van der Waals surface area contributed by atoms with Gasteiger partial charge in [0.15, 0.2) is 0 Å². The highest BCUT2D eigenvalue weighted by atomic mass is 16.3. The molecule has 1 aromatic carbocycles. The van der Waals surface area contributed by atoms with Gasteiger partial charge in [0.1, 0.15) is 5.75 Å². The molecular weight excluding hydrogens is 270 g/mol. The molecule has 2 amide bonds. The van der Waals surface area contributed by atoms with E-state index in [0.717, 1.165) is 19.6 Å². The number of nitrogens with one attached hydrogen (secondary N) is 1. The zero-order chi connectivity index (χ0) is 15.4. The summed E-state index contributed by atoms with van der Waals surface area (Å²) < 4.78 is 0. The van der Waals surface area contributed by atoms with Crippen molar-refractivity contribution in [2.75, 3.05) is 38.0 Å². The number of hydrogen-bond donors (Lipinski definition) is 2. The van der Waals surface area contributed by atoms with Gasteiger partial charge in [0.2, 0.25) is 0 Å². The fourth-order valence-corrected chi connectivity index (χ4v) is 2.37. The summed E-state index contributed by atoms with van der Waals surface area (Å²) in [7, 11) is 0. The predicted molar refractivity (Wildman–Crippen MR) is 80.2 cm³/mol. The van der Waals surface area contributed by atoms with Crippen molar-refractivity contribution in [2.45, 2.75) is 13.8 Å². The number of anilines is 1. The number of piperazine rings is 1. The lowest BCUT2D eigenvalue weighted by Gasteiger charge is -2.33. The van der Waals surface area contributed by atoms with Crippen molar-refractivity contribution in [3.63, 3.8) is 0 Å². The lowest BCUT2D eigenvalue weighted by molar-refractivity contribution is -0.144. The highest BCUT2D eigenvalue weighted by molar-refractivity contribution is 6.39. The van der Waals surface area contributed by atoms with Gasteiger partial charge in [-0.1, -0.05) is 6.92 Å². The van der Waals surface area contributed by atoms with E-state index in [1.165, 1.54) is 6.07 Å². The van der Waals surface area contributed by atoms with Gasteiger partial charge in [-0.15, -0.1) is 0 Å². The Morgan fingerprint density at radius 1 is 1.24 bits per heavy atom. The molecule has 1 aliphatic heterocycles. The van der Waals surface area contributed by atoms with Crippen LogP contribution >= 0.6 is 0 Å². The van der Waals surface area contributed by atoms with E-state index >= 15 is 0 Å². The van der Waals surface area contributed by atoms with Gasteiger partial charge in [-0.05, 0) is 37.2 Å². The first kappa shape index (κ1) is 15.3. The van der Waals surface area contributed by atoms with E-state index in [-0.39, 0.29) is 5.75 Å². The molecule has 0 saturated carbocycles. The summed E-state index contributed by atoms with van der Waals surface area (Å²) in [5, 5.41) is 11.9. The number of aryl methyl sites for hydroxylation is 1. The number of carbonyl (C=O) groups is 2. The van der Waals surface area contributed by atoms with Crippen molar-refractivity contribution in [1.29, 1.82) is 0 Å². The molecule has 2 rings (SSSR count). The molecule has 21 heavy (non-hydrogen) atoms. The van der Waals surface area contributed by atoms with Gasteiger partial charge in [-0.2, -0.15) is 0 Å². The molecule has 114 valence electrons. The van der Waals surface area contributed by atoms with Gasteiger partial charge in [0.25, 0.3) is 0 Å². The molecule has 0 spiro atoms. The summed E-state index contributed by atoms with van der Waals surface area (Å²) in [6.07, 6.45) is 0. The number of rotatable bonds is 2. The molecule has 0 unspecified atom stereocenters. The van der Waals surface area contributed by atoms with E-state index in [0.29, 0.717) is 24.3 Å². The highest BCUT2D eigenvalue weighted by Crippen LogP contribution is 2.20. The SMILES string of the molecule is CCN1CCN(C(=O)C(=O)Nc2ccc(O)cc2C)CC1. The first-order valence-electron chi connectivity index (χ1n) is 7.13. The summed E-state index contributed by atoms with van der Waals surface area (Å²) in [5.74, 6) is -1.00. The Morgan fingerprint density at radius 2 is 1.90 bits per heavy atom. The number of hydrogen-bond acceptors (Lipinski definition) is 4. The van der Waals surface area contributed by atoms with Gasteiger partial charge in [0, 0.05) is 31.9 Å². The quantitative estimate of drug-likeness (QED) is 0.624. The third-order valence-electron chi connectivity index (χ3n) is 3.76. The van der Waals surface area contributed by atoms with Crippen LogP contribution in [0.3, 0.4) is 0 Å². The Hall–Kier alpha value is -2.08. The zero-order valence-corrected chi connectivity index (χ0v) is 12.4. The molecule has 2 N–H and O–H groups in total. The lowest BCUT2D eigenvalue weighted by Crippen LogP contribution is -2.51. The van der Waals surface area contributed by atoms with Gasteiger partial charge in [0.05, 0.1) is 0 Å². The Morgan fingerprint density at radius 3 is 2.48 bits per heavy atom. The monoisotopic (exact) mass is 291 g/mol. The lowest BCUT2D eigenvalue weighted by atomic mass is 10.2. The molecule has 6 heteroatoms. The van der Waals surface area contributed by atoms with Crippen molar-refractivity contribution in [2.24, 2.45) is 0 Å². The number of phenolic OH excluding ortho intramolecular Hbond substituents is 1. The summed E-state index contributed by atoms with van der Waals surface area (Å²) in [6.45, 7) is 7.56. The predicted octanol–water partition coefficient (Wildman–Crippen LogP) is 0.803. The molecule has 0 aromatic heterocycles. The summed E-state index contributed by atoms with van der Waals surface area (Å²) in [4.78, 5) is 28.0. The van der Waals surface area contributed by atoms with Crippen molar-refractivity contribution >= 4 is 17.5 Å². The fourth-order valence-electron chi connectivity index (χ4n) is 2.37. The Bertz CT molecular complexity index is 537. The average Bonchev–Trinajstić information content (AvgIpc) is 2.49. The number of phenols is 1. The van der Waals surface area contributed by atoms with Crippen LogP contribution in [0.1, 0.15) is 12.5 Å². The first-order valence-corrected chi connectivity index (χ1v) is 7.13. The minimum atomic E-state index is -0.631. The number of nitrogens with zero attached hydrogens (tertiary/aromatic N) is 2. The maximum absolute atomic E-state index is 12.1. The van der Waals surface area contributed by atoms with Crippen molar-refractivity contribution in [3.05, 3.63) is 23.8 Å². The van der Waals surface area contributed by atoms with Crippen LogP contribution < -0.4 is 5.32 Å². The molecule has 1 heterocycles. The average molecular weight is 291 g/mol. The largest absolute Gasteiger partial charge is 0.508 e. The third-order valence-corrected chi connectivity index (χ3v) is 3.76. The second-order valence-electron chi connectivity index (χ2n) is 5.18. The second kappa shape index (κ2) is 6.58. The van der Waals surface area contributed by atoms with E-state index in [4.69, 9.17) is 0 Å². The molecule has 1 aliphatic rings. The maximum Gasteiger partial charge on any atom is 0.313 e. The van der Waals surface area contributed by atoms with E-state index in [1.54, 1.807) is 24.0 Å². The van der Waals surface area contributed by atoms with Gasteiger partial charge in [-0.25, -0.2) is 0 Å². The standard InChI is InChI=1S/C15H21N3O3/c1-3-17-6-8-18(9-7-17)15(21)14(20)16-13-5-4-12(19)10-11(13)2/h4-5,10,19H,3,6-9H2,1-2H3,(H,16,20). The number of aromatic hydroxyl groups is 1. The third kappa shape index (κ3) is 3.72. The van der Waals surface area contributed by atoms with Crippen LogP contribution in [0.25, 0.3) is 0 Å². The van der Waals surface area contributed by atoms with Crippen LogP contribution in [0.15, 0.2) is 18.2 Å². The van der Waals surface area contributed by atoms with Crippen LogP contribution in [0.4, 0.5) is 5.69 Å². The number of benzene rings is 1. The van der Waals surface area contributed by atoms with Crippen molar-refractivity contribution in [1.82, 2.24) is 9.80 Å². The topological polar surface area (TPSA) is 72.9 Å². The Labute approximate surface area is 124 Å². The van der Waals surface area contributed by atoms with E-state index < -0.39 is 11.8 Å². The molecule has 0 bridgehead atoms. The highest BCUT2D eigenvalue weighted by Gasteiger charge is 2.25. The minimum Gasteiger partial charge on any atom is -0.508 e. The Kier molecular flexibility index (Phi) is 4.80. The van der Waals surface area contributed by atoms with Crippen molar-refractivity contribution < 1.29 is 14.7 Å². The molecule has 0 aliphatic carbocycles. The van der Waals surface area contributed by atoms with E-state index in [9.17, 15) is 14.7 Å². The Balaban J connectivity index is 1.95. The molecule has 0 atom stereocenters. The number of carbonyl (C=O) groups excluding carboxylic acids is 2. The van der Waals surface area contributed by atoms with Crippen molar-refractivity contribution in [3.8, 4) is 5.75 Å². The molecule has 1 aromatic rings. The molecule has 0 radical (unpaired) electrons. The van der Waals surface area contributed by atoms with Crippen LogP contribution in [-0.2, 0) is 9.59 Å². The maximum atomic E-state index is 12.1. The van der Waals surface area contributed by atoms with Crippen LogP contribution in [0.5, 0.6) is 5.75 Å². The minimum absolute atomic E-state index is 0.132. The summed E-state index contributed by atoms with van der Waals surface area (Å²) in [5.41, 5.74) is 1.25. The van der Waals surface area contributed by atoms with E-state index in [2.05, 4.69) is 17.1 Å². The zero-order valence-electron chi connectivity index (χ0n) is 12.4. The molecule has 1 saturated heterocycles. The summed E-state index contributed by atoms with van der Waals surface area (Å²) in [6, 6.07) is 4.61. The fraction of sp³-hybridized carbons (Fsp3) is 0.467. The van der Waals surface area contributed by atoms with Gasteiger partial charge in [-0.3, -0.25) is 9.59 Å². The van der Waals surface area contributed by atoms with Gasteiger partial charge < -0.3 is 20.2 Å². The number of likely N-dealkylation sites (N-methyl/N-ethyl adjacent to an activating group) is 1. The molecule has 1 fully saturated rings. The first-order chi connectivity index (χ1) is 10.0. The van der Waals surface area contributed by atoms with Crippen LogP contribution in [0, 0.1) is 6.92 Å². The normalized spacial score (nSPS) is 15.8. The second-order valence-corrected chi connectivity index (χ2v) is 5.18. The van der Waals surface area contributed by atoms with Crippen LogP contribution in [-0.4, -0.2) is 59.4 Å². The molecular formula is C15H21N3O3. The summed E-state index contributed by atoms with van der Waals surface area (Å²) >= 11 is 0. The smallest absolute Gasteiger partial charge is 0.313 e. The van der Waals surface area contributed by atoms with Crippen LogP contribution in [0.2, 0.25) is 0 Å². The molecule has 6 nitrogen and oxygen atoms in total. The van der Waals surface area contributed by atoms with Gasteiger partial charge >= 0.3 is 11.8 Å².